The highest BCUT2D eigenvalue weighted by atomic mass is 79.9. The van der Waals surface area contributed by atoms with Crippen LogP contribution in [-0.2, 0) is 14.9 Å². The zero-order valence-corrected chi connectivity index (χ0v) is 17.0. The smallest absolute Gasteiger partial charge is 0.230 e. The number of halogens is 1. The molecule has 0 aromatic heterocycles. The molecule has 0 saturated carbocycles. The molecule has 144 valence electrons. The first-order chi connectivity index (χ1) is 13.1. The van der Waals surface area contributed by atoms with Gasteiger partial charge in [0.1, 0.15) is 18.1 Å². The van der Waals surface area contributed by atoms with Crippen molar-refractivity contribution in [2.75, 3.05) is 33.5 Å². The molecule has 1 fully saturated rings. The van der Waals surface area contributed by atoms with E-state index in [2.05, 4.69) is 21.2 Å². The number of amides is 1. The number of nitrogens with one attached hydrogen (secondary N) is 1. The molecule has 0 aliphatic carbocycles. The molecule has 1 saturated heterocycles. The maximum absolute atomic E-state index is 13.0. The predicted molar refractivity (Wildman–Crippen MR) is 107 cm³/mol. The van der Waals surface area contributed by atoms with Crippen LogP contribution in [0.15, 0.2) is 53.0 Å². The Labute approximate surface area is 168 Å². The van der Waals surface area contributed by atoms with Crippen LogP contribution in [0.25, 0.3) is 0 Å². The van der Waals surface area contributed by atoms with E-state index in [1.54, 1.807) is 7.11 Å². The molecule has 2 aromatic rings. The molecule has 5 nitrogen and oxygen atoms in total. The molecule has 6 heteroatoms. The van der Waals surface area contributed by atoms with Crippen LogP contribution in [0.3, 0.4) is 0 Å². The van der Waals surface area contributed by atoms with E-state index in [1.165, 1.54) is 0 Å². The van der Waals surface area contributed by atoms with Crippen LogP contribution in [0, 0.1) is 0 Å². The third kappa shape index (κ3) is 4.82. The van der Waals surface area contributed by atoms with Crippen molar-refractivity contribution in [2.24, 2.45) is 0 Å². The van der Waals surface area contributed by atoms with Crippen molar-refractivity contribution in [1.82, 2.24) is 5.32 Å². The van der Waals surface area contributed by atoms with E-state index in [4.69, 9.17) is 14.2 Å². The summed E-state index contributed by atoms with van der Waals surface area (Å²) in [5.74, 6) is 1.57. The number of carbonyl (C=O) groups is 1. The minimum absolute atomic E-state index is 0.0338. The lowest BCUT2D eigenvalue weighted by atomic mass is 9.73. The van der Waals surface area contributed by atoms with Crippen LogP contribution >= 0.6 is 15.9 Å². The summed E-state index contributed by atoms with van der Waals surface area (Å²) in [6.07, 6.45) is 1.36. The minimum atomic E-state index is -0.543. The van der Waals surface area contributed by atoms with Crippen molar-refractivity contribution >= 4 is 21.8 Å². The van der Waals surface area contributed by atoms with Gasteiger partial charge in [0.15, 0.2) is 0 Å². The van der Waals surface area contributed by atoms with Gasteiger partial charge in [-0.3, -0.25) is 4.79 Å². The van der Waals surface area contributed by atoms with Gasteiger partial charge in [-0.2, -0.15) is 0 Å². The number of rotatable bonds is 7. The number of hydrogen-bond acceptors (Lipinski definition) is 4. The molecule has 2 aromatic carbocycles. The number of benzene rings is 2. The molecule has 0 radical (unpaired) electrons. The predicted octanol–water partition coefficient (Wildman–Crippen LogP) is 3.70. The second-order valence-electron chi connectivity index (χ2n) is 6.48. The highest BCUT2D eigenvalue weighted by Crippen LogP contribution is 2.35. The summed E-state index contributed by atoms with van der Waals surface area (Å²) in [5.41, 5.74) is 0.488. The lowest BCUT2D eigenvalue weighted by molar-refractivity contribution is -0.130. The summed E-state index contributed by atoms with van der Waals surface area (Å²) in [5, 5.41) is 3.04. The van der Waals surface area contributed by atoms with Gasteiger partial charge in [-0.1, -0.05) is 28.1 Å². The summed E-state index contributed by atoms with van der Waals surface area (Å²) >= 11 is 3.46. The maximum atomic E-state index is 13.0. The molecule has 1 heterocycles. The number of hydrogen-bond donors (Lipinski definition) is 1. The van der Waals surface area contributed by atoms with E-state index < -0.39 is 5.41 Å². The second kappa shape index (κ2) is 9.24. The van der Waals surface area contributed by atoms with Gasteiger partial charge in [0.05, 0.1) is 19.1 Å². The Morgan fingerprint density at radius 2 is 1.70 bits per heavy atom. The zero-order valence-electron chi connectivity index (χ0n) is 15.4. The Morgan fingerprint density at radius 3 is 2.33 bits per heavy atom. The molecule has 0 atom stereocenters. The van der Waals surface area contributed by atoms with Gasteiger partial charge >= 0.3 is 0 Å². The summed E-state index contributed by atoms with van der Waals surface area (Å²) in [6.45, 7) is 2.03. The molecule has 1 amide bonds. The topological polar surface area (TPSA) is 56.8 Å². The largest absolute Gasteiger partial charge is 0.497 e. The number of ether oxygens (including phenoxy) is 3. The average molecular weight is 434 g/mol. The van der Waals surface area contributed by atoms with Crippen LogP contribution in [-0.4, -0.2) is 39.4 Å². The van der Waals surface area contributed by atoms with E-state index in [9.17, 15) is 4.79 Å². The third-order valence-electron chi connectivity index (χ3n) is 4.89. The van der Waals surface area contributed by atoms with Crippen LogP contribution in [0.1, 0.15) is 18.4 Å². The van der Waals surface area contributed by atoms with Crippen molar-refractivity contribution in [2.45, 2.75) is 18.3 Å². The number of methoxy groups -OCH3 is 1. The molecule has 1 aliphatic heterocycles. The average Bonchev–Trinajstić information content (AvgIpc) is 2.72. The monoisotopic (exact) mass is 433 g/mol. The summed E-state index contributed by atoms with van der Waals surface area (Å²) in [7, 11) is 1.63. The van der Waals surface area contributed by atoms with Crippen molar-refractivity contribution in [3.63, 3.8) is 0 Å². The van der Waals surface area contributed by atoms with E-state index in [1.807, 2.05) is 48.5 Å². The standard InChI is InChI=1S/C21H24BrNO4/c1-25-18-6-8-19(9-7-18)27-15-12-23-20(24)21(10-13-26-14-11-21)16-2-4-17(22)5-3-16/h2-9H,10-15H2,1H3,(H,23,24). The van der Waals surface area contributed by atoms with Crippen molar-refractivity contribution in [3.8, 4) is 11.5 Å². The van der Waals surface area contributed by atoms with E-state index in [0.717, 1.165) is 21.5 Å². The van der Waals surface area contributed by atoms with Crippen LogP contribution in [0.2, 0.25) is 0 Å². The maximum Gasteiger partial charge on any atom is 0.230 e. The fourth-order valence-electron chi connectivity index (χ4n) is 3.31. The summed E-state index contributed by atoms with van der Waals surface area (Å²) in [6, 6.07) is 15.4. The van der Waals surface area contributed by atoms with E-state index in [0.29, 0.717) is 39.2 Å². The Hall–Kier alpha value is -2.05. The lowest BCUT2D eigenvalue weighted by Gasteiger charge is -2.36. The second-order valence-corrected chi connectivity index (χ2v) is 7.40. The van der Waals surface area contributed by atoms with Crippen LogP contribution < -0.4 is 14.8 Å². The Bertz CT molecular complexity index is 740. The molecular weight excluding hydrogens is 410 g/mol. The lowest BCUT2D eigenvalue weighted by Crippen LogP contribution is -2.48. The Morgan fingerprint density at radius 1 is 1.07 bits per heavy atom. The molecular formula is C21H24BrNO4. The number of carbonyl (C=O) groups excluding carboxylic acids is 1. The first-order valence-corrected chi connectivity index (χ1v) is 9.82. The normalized spacial score (nSPS) is 15.8. The van der Waals surface area contributed by atoms with Crippen LogP contribution in [0.4, 0.5) is 0 Å². The van der Waals surface area contributed by atoms with Gasteiger partial charge in [-0.05, 0) is 54.8 Å². The van der Waals surface area contributed by atoms with Gasteiger partial charge < -0.3 is 19.5 Å². The van der Waals surface area contributed by atoms with Crippen LogP contribution in [0.5, 0.6) is 11.5 Å². The summed E-state index contributed by atoms with van der Waals surface area (Å²) < 4.78 is 17.3. The first-order valence-electron chi connectivity index (χ1n) is 9.03. The highest BCUT2D eigenvalue weighted by Gasteiger charge is 2.41. The molecule has 27 heavy (non-hydrogen) atoms. The molecule has 0 spiro atoms. The first kappa shape index (κ1) is 19.7. The Kier molecular flexibility index (Phi) is 6.74. The summed E-state index contributed by atoms with van der Waals surface area (Å²) in [4.78, 5) is 13.0. The van der Waals surface area contributed by atoms with Crippen molar-refractivity contribution < 1.29 is 19.0 Å². The van der Waals surface area contributed by atoms with Gasteiger partial charge in [-0.25, -0.2) is 0 Å². The van der Waals surface area contributed by atoms with E-state index >= 15 is 0 Å². The zero-order chi connectivity index (χ0) is 19.1. The van der Waals surface area contributed by atoms with Crippen molar-refractivity contribution in [3.05, 3.63) is 58.6 Å². The highest BCUT2D eigenvalue weighted by molar-refractivity contribution is 9.10. The fraction of sp³-hybridized carbons (Fsp3) is 0.381. The van der Waals surface area contributed by atoms with Gasteiger partial charge in [0, 0.05) is 17.7 Å². The Balaban J connectivity index is 1.58. The van der Waals surface area contributed by atoms with Crippen molar-refractivity contribution in [1.29, 1.82) is 0 Å². The van der Waals surface area contributed by atoms with Gasteiger partial charge in [0.2, 0.25) is 5.91 Å². The fourth-order valence-corrected chi connectivity index (χ4v) is 3.57. The molecule has 1 N–H and O–H groups in total. The minimum Gasteiger partial charge on any atom is -0.497 e. The van der Waals surface area contributed by atoms with Gasteiger partial charge in [-0.15, -0.1) is 0 Å². The molecule has 3 rings (SSSR count). The molecule has 1 aliphatic rings. The van der Waals surface area contributed by atoms with Gasteiger partial charge in [0.25, 0.3) is 0 Å². The quantitative estimate of drug-likeness (QED) is 0.676. The molecule has 0 unspecified atom stereocenters. The van der Waals surface area contributed by atoms with E-state index in [-0.39, 0.29) is 5.91 Å². The third-order valence-corrected chi connectivity index (χ3v) is 5.42. The SMILES string of the molecule is COc1ccc(OCCNC(=O)C2(c3ccc(Br)cc3)CCOCC2)cc1. The molecule has 0 bridgehead atoms.